The summed E-state index contributed by atoms with van der Waals surface area (Å²) in [5.41, 5.74) is 2.14. The second-order valence-electron chi connectivity index (χ2n) is 6.37. The minimum atomic E-state index is -1.02. The third-order valence-electron chi connectivity index (χ3n) is 4.56. The number of rotatable bonds is 5. The Morgan fingerprint density at radius 3 is 2.37 bits per heavy atom. The van der Waals surface area contributed by atoms with E-state index in [9.17, 15) is 14.4 Å². The number of hydrogen-bond donors (Lipinski definition) is 3. The molecule has 3 N–H and O–H groups in total. The number of aliphatic carboxylic acids is 1. The molecular weight excluding hydrogens is 368 g/mol. The van der Waals surface area contributed by atoms with Crippen LogP contribution in [0.15, 0.2) is 42.5 Å². The standard InChI is InChI=1S/C19H14N2O5S/c22-16(10-3-1-9(2-4-10)12-8-13(12)18(25)26)21-19-20-14-6-5-11(17(23)24)7-15(14)27-19/h1-7,12-13H,8H2,(H,23,24)(H,25,26)(H,20,21,22). The fourth-order valence-corrected chi connectivity index (χ4v) is 3.90. The van der Waals surface area contributed by atoms with Crippen molar-refractivity contribution in [2.45, 2.75) is 12.3 Å². The normalized spacial score (nSPS) is 18.2. The zero-order valence-corrected chi connectivity index (χ0v) is 14.7. The van der Waals surface area contributed by atoms with Gasteiger partial charge in [-0.2, -0.15) is 0 Å². The highest BCUT2D eigenvalue weighted by Crippen LogP contribution is 2.47. The highest BCUT2D eigenvalue weighted by molar-refractivity contribution is 7.22. The van der Waals surface area contributed by atoms with E-state index in [0.717, 1.165) is 5.56 Å². The van der Waals surface area contributed by atoms with Crippen molar-refractivity contribution in [2.75, 3.05) is 5.32 Å². The number of nitrogens with one attached hydrogen (secondary N) is 1. The maximum absolute atomic E-state index is 12.4. The lowest BCUT2D eigenvalue weighted by Gasteiger charge is -2.03. The van der Waals surface area contributed by atoms with Crippen LogP contribution in [-0.4, -0.2) is 33.0 Å². The number of hydrogen-bond acceptors (Lipinski definition) is 5. The number of nitrogens with zero attached hydrogens (tertiary/aromatic N) is 1. The highest BCUT2D eigenvalue weighted by Gasteiger charge is 2.44. The zero-order valence-electron chi connectivity index (χ0n) is 13.9. The van der Waals surface area contributed by atoms with E-state index in [1.54, 1.807) is 30.3 Å². The van der Waals surface area contributed by atoms with Gasteiger partial charge in [-0.15, -0.1) is 0 Å². The van der Waals surface area contributed by atoms with Gasteiger partial charge in [-0.25, -0.2) is 9.78 Å². The molecule has 1 saturated carbocycles. The molecule has 0 saturated heterocycles. The molecule has 4 rings (SSSR count). The predicted octanol–water partition coefficient (Wildman–Crippen LogP) is 3.43. The zero-order chi connectivity index (χ0) is 19.1. The Labute approximate surface area is 157 Å². The first-order valence-electron chi connectivity index (χ1n) is 8.20. The number of fused-ring (bicyclic) bond motifs is 1. The lowest BCUT2D eigenvalue weighted by molar-refractivity contribution is -0.138. The number of thiazole rings is 1. The van der Waals surface area contributed by atoms with Gasteiger partial charge in [0.15, 0.2) is 5.13 Å². The summed E-state index contributed by atoms with van der Waals surface area (Å²) in [6.07, 6.45) is 0.630. The van der Waals surface area contributed by atoms with Crippen molar-refractivity contribution in [3.05, 3.63) is 59.2 Å². The van der Waals surface area contributed by atoms with Crippen LogP contribution in [0.5, 0.6) is 0 Å². The van der Waals surface area contributed by atoms with Crippen LogP contribution in [0.25, 0.3) is 10.2 Å². The van der Waals surface area contributed by atoms with Crippen LogP contribution >= 0.6 is 11.3 Å². The molecule has 0 spiro atoms. The molecular formula is C19H14N2O5S. The van der Waals surface area contributed by atoms with Gasteiger partial charge in [-0.1, -0.05) is 23.5 Å². The lowest BCUT2D eigenvalue weighted by Crippen LogP contribution is -2.11. The minimum Gasteiger partial charge on any atom is -0.481 e. The summed E-state index contributed by atoms with van der Waals surface area (Å²) < 4.78 is 0.675. The van der Waals surface area contributed by atoms with Crippen LogP contribution < -0.4 is 5.32 Å². The molecule has 0 bridgehead atoms. The topological polar surface area (TPSA) is 117 Å². The minimum absolute atomic E-state index is 0.0207. The average Bonchev–Trinajstić information content (AvgIpc) is 3.35. The molecule has 0 radical (unpaired) electrons. The molecule has 1 heterocycles. The lowest BCUT2D eigenvalue weighted by atomic mass is 10.1. The monoisotopic (exact) mass is 382 g/mol. The Hall–Kier alpha value is -3.26. The Kier molecular flexibility index (Phi) is 4.12. The second-order valence-corrected chi connectivity index (χ2v) is 7.40. The number of carboxylic acid groups (broad SMARTS) is 2. The molecule has 27 heavy (non-hydrogen) atoms. The predicted molar refractivity (Wildman–Crippen MR) is 99.5 cm³/mol. The van der Waals surface area contributed by atoms with Crippen molar-refractivity contribution >= 4 is 44.5 Å². The Morgan fingerprint density at radius 2 is 1.74 bits per heavy atom. The number of carboxylic acids is 2. The van der Waals surface area contributed by atoms with Crippen LogP contribution in [0.4, 0.5) is 5.13 Å². The molecule has 8 heteroatoms. The summed E-state index contributed by atoms with van der Waals surface area (Å²) in [5.74, 6) is -2.44. The van der Waals surface area contributed by atoms with Gasteiger partial charge in [-0.3, -0.25) is 14.9 Å². The Morgan fingerprint density at radius 1 is 1.04 bits per heavy atom. The van der Waals surface area contributed by atoms with E-state index in [-0.39, 0.29) is 23.3 Å². The van der Waals surface area contributed by atoms with Gasteiger partial charge >= 0.3 is 11.9 Å². The fraction of sp³-hybridized carbons (Fsp3) is 0.158. The number of amides is 1. The molecule has 7 nitrogen and oxygen atoms in total. The van der Waals surface area contributed by atoms with E-state index in [1.165, 1.54) is 23.5 Å². The smallest absolute Gasteiger partial charge is 0.335 e. The molecule has 1 aromatic heterocycles. The van der Waals surface area contributed by atoms with E-state index in [0.29, 0.717) is 27.3 Å². The molecule has 3 aromatic rings. The first-order valence-corrected chi connectivity index (χ1v) is 9.02. The molecule has 2 atom stereocenters. The number of benzene rings is 2. The first-order chi connectivity index (χ1) is 12.9. The van der Waals surface area contributed by atoms with E-state index in [4.69, 9.17) is 10.2 Å². The van der Waals surface area contributed by atoms with Crippen LogP contribution in [-0.2, 0) is 4.79 Å². The maximum atomic E-state index is 12.4. The van der Waals surface area contributed by atoms with Crippen molar-refractivity contribution in [1.82, 2.24) is 4.98 Å². The van der Waals surface area contributed by atoms with Crippen LogP contribution in [0.2, 0.25) is 0 Å². The van der Waals surface area contributed by atoms with Crippen LogP contribution in [0.3, 0.4) is 0 Å². The fourth-order valence-electron chi connectivity index (χ4n) is 3.00. The Bertz CT molecular complexity index is 1070. The summed E-state index contributed by atoms with van der Waals surface area (Å²) in [6.45, 7) is 0. The van der Waals surface area contributed by atoms with Gasteiger partial charge in [0, 0.05) is 5.56 Å². The van der Waals surface area contributed by atoms with Crippen molar-refractivity contribution in [2.24, 2.45) is 5.92 Å². The van der Waals surface area contributed by atoms with Crippen molar-refractivity contribution < 1.29 is 24.6 Å². The number of carbonyl (C=O) groups excluding carboxylic acids is 1. The average molecular weight is 382 g/mol. The molecule has 2 aromatic carbocycles. The number of aromatic nitrogens is 1. The largest absolute Gasteiger partial charge is 0.481 e. The molecule has 2 unspecified atom stereocenters. The highest BCUT2D eigenvalue weighted by atomic mass is 32.1. The quantitative estimate of drug-likeness (QED) is 0.622. The van der Waals surface area contributed by atoms with E-state index in [2.05, 4.69) is 10.3 Å². The maximum Gasteiger partial charge on any atom is 0.335 e. The molecule has 0 aliphatic heterocycles. The van der Waals surface area contributed by atoms with Gasteiger partial charge in [-0.05, 0) is 48.2 Å². The van der Waals surface area contributed by atoms with Crippen molar-refractivity contribution in [3.8, 4) is 0 Å². The summed E-state index contributed by atoms with van der Waals surface area (Å²) in [6, 6.07) is 11.5. The molecule has 1 amide bonds. The van der Waals surface area contributed by atoms with Gasteiger partial charge in [0.1, 0.15) is 0 Å². The van der Waals surface area contributed by atoms with E-state index < -0.39 is 11.9 Å². The Balaban J connectivity index is 1.48. The molecule has 136 valence electrons. The molecule has 1 aliphatic carbocycles. The second kappa shape index (κ2) is 6.48. The van der Waals surface area contributed by atoms with Gasteiger partial charge in [0.25, 0.3) is 5.91 Å². The SMILES string of the molecule is O=C(O)c1ccc2nc(NC(=O)c3ccc(C4CC4C(=O)O)cc3)sc2c1. The van der Waals surface area contributed by atoms with Gasteiger partial charge in [0.2, 0.25) is 0 Å². The van der Waals surface area contributed by atoms with Gasteiger partial charge in [0.05, 0.1) is 21.7 Å². The third kappa shape index (κ3) is 3.39. The number of anilines is 1. The van der Waals surface area contributed by atoms with Crippen molar-refractivity contribution in [3.63, 3.8) is 0 Å². The molecule has 1 aliphatic rings. The summed E-state index contributed by atoms with van der Waals surface area (Å²) in [5, 5.41) is 21.1. The van der Waals surface area contributed by atoms with E-state index in [1.807, 2.05) is 0 Å². The summed E-state index contributed by atoms with van der Waals surface area (Å²) in [4.78, 5) is 38.7. The summed E-state index contributed by atoms with van der Waals surface area (Å²) >= 11 is 1.20. The van der Waals surface area contributed by atoms with Gasteiger partial charge < -0.3 is 10.2 Å². The van der Waals surface area contributed by atoms with Crippen LogP contribution in [0, 0.1) is 5.92 Å². The summed E-state index contributed by atoms with van der Waals surface area (Å²) in [7, 11) is 0. The van der Waals surface area contributed by atoms with Crippen molar-refractivity contribution in [1.29, 1.82) is 0 Å². The first kappa shape index (κ1) is 17.2. The van der Waals surface area contributed by atoms with Crippen LogP contribution in [0.1, 0.15) is 38.6 Å². The number of carbonyl (C=O) groups is 3. The van der Waals surface area contributed by atoms with E-state index >= 15 is 0 Å². The number of aromatic carboxylic acids is 1. The third-order valence-corrected chi connectivity index (χ3v) is 5.50. The molecule has 1 fully saturated rings.